The quantitative estimate of drug-likeness (QED) is 0.182. The molecule has 3 amide bonds. The number of unbranched alkanes of at least 4 members (excludes halogenated alkanes) is 1. The van der Waals surface area contributed by atoms with Gasteiger partial charge in [-0.3, -0.25) is 19.8 Å². The summed E-state index contributed by atoms with van der Waals surface area (Å²) in [6, 6.07) is 3.85. The summed E-state index contributed by atoms with van der Waals surface area (Å²) < 4.78 is 0.532. The normalized spacial score (nSPS) is 17.4. The molecule has 0 bridgehead atoms. The first-order valence-electron chi connectivity index (χ1n) is 8.94. The van der Waals surface area contributed by atoms with Gasteiger partial charge in [0.15, 0.2) is 6.04 Å². The number of hydrogen-bond acceptors (Lipinski definition) is 6. The van der Waals surface area contributed by atoms with Crippen molar-refractivity contribution in [2.24, 2.45) is 5.92 Å². The van der Waals surface area contributed by atoms with Crippen LogP contribution in [0.4, 0.5) is 5.82 Å². The Balaban J connectivity index is 2.09. The van der Waals surface area contributed by atoms with Crippen molar-refractivity contribution >= 4 is 24.0 Å². The Morgan fingerprint density at radius 1 is 1.56 bits per heavy atom. The molecule has 0 spiro atoms. The number of pyridine rings is 1. The van der Waals surface area contributed by atoms with Gasteiger partial charge in [-0.05, 0) is 18.9 Å². The van der Waals surface area contributed by atoms with Gasteiger partial charge in [0, 0.05) is 12.6 Å². The van der Waals surface area contributed by atoms with Crippen molar-refractivity contribution in [3.63, 3.8) is 0 Å². The molecule has 0 radical (unpaired) electrons. The third-order valence-electron chi connectivity index (χ3n) is 4.41. The minimum atomic E-state index is -0.787. The highest BCUT2D eigenvalue weighted by Crippen LogP contribution is 2.19. The zero-order chi connectivity index (χ0) is 19.8. The average Bonchev–Trinajstić information content (AvgIpc) is 3.16. The Morgan fingerprint density at radius 2 is 2.33 bits per heavy atom. The van der Waals surface area contributed by atoms with Crippen molar-refractivity contribution in [2.75, 3.05) is 18.4 Å². The van der Waals surface area contributed by atoms with Crippen molar-refractivity contribution in [2.45, 2.75) is 38.6 Å². The van der Waals surface area contributed by atoms with Crippen molar-refractivity contribution in [3.8, 4) is 0 Å². The molecule has 0 aromatic carbocycles. The maximum atomic E-state index is 12.9. The van der Waals surface area contributed by atoms with Crippen molar-refractivity contribution in [1.29, 1.82) is 0 Å². The molecule has 0 aliphatic carbocycles. The van der Waals surface area contributed by atoms with E-state index in [0.29, 0.717) is 29.2 Å². The molecule has 1 aromatic heterocycles. The highest BCUT2D eigenvalue weighted by Gasteiger charge is 2.39. The lowest BCUT2D eigenvalue weighted by molar-refractivity contribution is -0.590. The third-order valence-corrected chi connectivity index (χ3v) is 4.41. The lowest BCUT2D eigenvalue weighted by Crippen LogP contribution is -2.52. The molecule has 1 aromatic rings. The van der Waals surface area contributed by atoms with Gasteiger partial charge in [0.05, 0.1) is 18.7 Å². The molecule has 148 valence electrons. The lowest BCUT2D eigenvalue weighted by Gasteiger charge is -2.27. The Kier molecular flexibility index (Phi) is 7.50. The van der Waals surface area contributed by atoms with Crippen LogP contribution in [0, 0.1) is 11.1 Å². The molecular formula is C17H25N5O5. The second-order valence-electron chi connectivity index (χ2n) is 6.39. The summed E-state index contributed by atoms with van der Waals surface area (Å²) >= 11 is 0. The first-order valence-corrected chi connectivity index (χ1v) is 8.94. The molecule has 2 rings (SSSR count). The number of carbonyl (C=O) groups is 3. The summed E-state index contributed by atoms with van der Waals surface area (Å²) in [6.45, 7) is 2.25. The van der Waals surface area contributed by atoms with Crippen LogP contribution >= 0.6 is 0 Å². The van der Waals surface area contributed by atoms with Gasteiger partial charge in [0.2, 0.25) is 12.3 Å². The molecule has 27 heavy (non-hydrogen) atoms. The summed E-state index contributed by atoms with van der Waals surface area (Å²) in [4.78, 5) is 36.2. The smallest absolute Gasteiger partial charge is 0.331 e. The SMILES string of the molecule is CCCC[C@H](CN(O)C=O)C(=O)N1NCC[C@H]1C(=O)Nc1cccc[n+]1[O-]. The first-order chi connectivity index (χ1) is 13.0. The van der Waals surface area contributed by atoms with Gasteiger partial charge in [-0.1, -0.05) is 25.8 Å². The van der Waals surface area contributed by atoms with Gasteiger partial charge >= 0.3 is 5.91 Å². The molecule has 10 heteroatoms. The number of hydrazine groups is 1. The Hall–Kier alpha value is -2.72. The molecule has 1 aliphatic heterocycles. The predicted molar refractivity (Wildman–Crippen MR) is 94.9 cm³/mol. The largest absolute Gasteiger partial charge is 0.711 e. The van der Waals surface area contributed by atoms with Crippen molar-refractivity contribution in [3.05, 3.63) is 29.6 Å². The second-order valence-corrected chi connectivity index (χ2v) is 6.39. The summed E-state index contributed by atoms with van der Waals surface area (Å²) in [6.07, 6.45) is 3.98. The molecular weight excluding hydrogens is 354 g/mol. The fraction of sp³-hybridized carbons (Fsp3) is 0.529. The van der Waals surface area contributed by atoms with Crippen LogP contribution in [0.2, 0.25) is 0 Å². The molecule has 0 unspecified atom stereocenters. The zero-order valence-electron chi connectivity index (χ0n) is 15.2. The molecule has 1 aliphatic rings. The third kappa shape index (κ3) is 5.38. The monoisotopic (exact) mass is 379 g/mol. The Morgan fingerprint density at radius 3 is 3.00 bits per heavy atom. The summed E-state index contributed by atoms with van der Waals surface area (Å²) in [5, 5.41) is 25.4. The highest BCUT2D eigenvalue weighted by atomic mass is 16.5. The maximum absolute atomic E-state index is 12.9. The second kappa shape index (κ2) is 9.83. The fourth-order valence-electron chi connectivity index (χ4n) is 2.98. The predicted octanol–water partition coefficient (Wildman–Crippen LogP) is 0.0180. The standard InChI is InChI=1S/C17H25N5O5/c1-2-3-6-13(11-20(26)12-23)17(25)22-14(8-9-18-22)16(24)19-15-7-4-5-10-21(15)27/h4-5,7,10,12-14,18,26H,2-3,6,8-9,11H2,1H3,(H,19,24)/t13-,14+/m1/s1. The van der Waals surface area contributed by atoms with Gasteiger partial charge in [-0.15, -0.1) is 0 Å². The van der Waals surface area contributed by atoms with Crippen LogP contribution in [0.5, 0.6) is 0 Å². The summed E-state index contributed by atoms with van der Waals surface area (Å²) in [5.74, 6) is -1.41. The molecule has 10 nitrogen and oxygen atoms in total. The van der Waals surface area contributed by atoms with Crippen LogP contribution < -0.4 is 15.5 Å². The molecule has 0 saturated carbocycles. The number of hydroxylamine groups is 2. The van der Waals surface area contributed by atoms with Gasteiger partial charge in [-0.25, -0.2) is 25.3 Å². The minimum absolute atomic E-state index is 0.0758. The topological polar surface area (TPSA) is 129 Å². The zero-order valence-corrected chi connectivity index (χ0v) is 15.2. The highest BCUT2D eigenvalue weighted by molar-refractivity contribution is 5.96. The Labute approximate surface area is 157 Å². The van der Waals surface area contributed by atoms with E-state index < -0.39 is 17.9 Å². The van der Waals surface area contributed by atoms with Crippen molar-refractivity contribution in [1.82, 2.24) is 15.5 Å². The van der Waals surface area contributed by atoms with Crippen LogP contribution in [-0.2, 0) is 14.4 Å². The van der Waals surface area contributed by atoms with E-state index >= 15 is 0 Å². The van der Waals surface area contributed by atoms with Crippen LogP contribution in [0.1, 0.15) is 32.6 Å². The van der Waals surface area contributed by atoms with Gasteiger partial charge in [0.25, 0.3) is 5.82 Å². The molecule has 1 saturated heterocycles. The Bertz CT molecular complexity index is 671. The number of carbonyl (C=O) groups excluding carboxylic acids is 3. The van der Waals surface area contributed by atoms with E-state index in [9.17, 15) is 24.8 Å². The number of nitrogens with zero attached hydrogens (tertiary/aromatic N) is 3. The number of nitrogens with one attached hydrogen (secondary N) is 2. The van der Waals surface area contributed by atoms with E-state index in [1.54, 1.807) is 12.1 Å². The van der Waals surface area contributed by atoms with Gasteiger partial charge in [0.1, 0.15) is 0 Å². The van der Waals surface area contributed by atoms with E-state index in [1.165, 1.54) is 17.3 Å². The number of anilines is 1. The van der Waals surface area contributed by atoms with E-state index in [4.69, 9.17) is 0 Å². The molecule has 2 atom stereocenters. The number of amides is 3. The van der Waals surface area contributed by atoms with Crippen LogP contribution in [0.15, 0.2) is 24.4 Å². The number of hydrogen-bond donors (Lipinski definition) is 3. The maximum Gasteiger partial charge on any atom is 0.331 e. The lowest BCUT2D eigenvalue weighted by atomic mass is 10.00. The minimum Gasteiger partial charge on any atom is -0.711 e. The van der Waals surface area contributed by atoms with Gasteiger partial charge in [-0.2, -0.15) is 0 Å². The van der Waals surface area contributed by atoms with E-state index in [0.717, 1.165) is 12.8 Å². The number of aromatic nitrogens is 1. The number of rotatable bonds is 9. The fourth-order valence-corrected chi connectivity index (χ4v) is 2.98. The summed E-state index contributed by atoms with van der Waals surface area (Å²) in [5.41, 5.74) is 2.89. The molecule has 2 heterocycles. The van der Waals surface area contributed by atoms with Crippen LogP contribution in [0.25, 0.3) is 0 Å². The van der Waals surface area contributed by atoms with Gasteiger partial charge < -0.3 is 5.21 Å². The molecule has 3 N–H and O–H groups in total. The summed E-state index contributed by atoms with van der Waals surface area (Å²) in [7, 11) is 0. The van der Waals surface area contributed by atoms with E-state index in [1.807, 2.05) is 6.92 Å². The van der Waals surface area contributed by atoms with E-state index in [-0.39, 0.29) is 24.7 Å². The van der Waals surface area contributed by atoms with Crippen molar-refractivity contribution < 1.29 is 24.3 Å². The molecule has 1 fully saturated rings. The first kappa shape index (κ1) is 20.6. The van der Waals surface area contributed by atoms with Crippen LogP contribution in [-0.4, -0.2) is 52.6 Å². The average molecular weight is 379 g/mol. The van der Waals surface area contributed by atoms with Crippen LogP contribution in [0.3, 0.4) is 0 Å². The van der Waals surface area contributed by atoms with E-state index in [2.05, 4.69) is 10.7 Å².